The van der Waals surface area contributed by atoms with E-state index in [2.05, 4.69) is 6.92 Å². The predicted molar refractivity (Wildman–Crippen MR) is 59.4 cm³/mol. The Bertz CT molecular complexity index is 250. The van der Waals surface area contributed by atoms with Gasteiger partial charge in [-0.3, -0.25) is 0 Å². The summed E-state index contributed by atoms with van der Waals surface area (Å²) in [7, 11) is 0. The zero-order valence-electron chi connectivity index (χ0n) is 8.47. The average Bonchev–Trinajstić information content (AvgIpc) is 2.19. The van der Waals surface area contributed by atoms with Crippen molar-refractivity contribution in [3.05, 3.63) is 35.6 Å². The molecule has 1 rings (SSSR count). The van der Waals surface area contributed by atoms with E-state index in [-0.39, 0.29) is 5.82 Å². The number of halogens is 2. The van der Waals surface area contributed by atoms with Gasteiger partial charge in [0.1, 0.15) is 5.82 Å². The summed E-state index contributed by atoms with van der Waals surface area (Å²) in [5, 5.41) is 0. The summed E-state index contributed by atoms with van der Waals surface area (Å²) in [4.78, 5) is 0. The van der Waals surface area contributed by atoms with Gasteiger partial charge in [0.05, 0.1) is 0 Å². The Morgan fingerprint density at radius 1 is 1.21 bits per heavy atom. The zero-order valence-corrected chi connectivity index (χ0v) is 9.23. The molecule has 0 aliphatic carbocycles. The fourth-order valence-electron chi connectivity index (χ4n) is 1.69. The number of hydrogen-bond donors (Lipinski definition) is 0. The first-order chi connectivity index (χ1) is 6.77. The lowest BCUT2D eigenvalue weighted by Gasteiger charge is -2.14. The van der Waals surface area contributed by atoms with Gasteiger partial charge in [0.15, 0.2) is 0 Å². The maximum atomic E-state index is 12.7. The Hall–Kier alpha value is -0.560. The van der Waals surface area contributed by atoms with Gasteiger partial charge in [-0.15, -0.1) is 11.6 Å². The Morgan fingerprint density at radius 2 is 1.86 bits per heavy atom. The average molecular weight is 215 g/mol. The van der Waals surface area contributed by atoms with Crippen LogP contribution in [0.2, 0.25) is 0 Å². The van der Waals surface area contributed by atoms with Crippen LogP contribution in [0, 0.1) is 5.82 Å². The van der Waals surface area contributed by atoms with E-state index in [4.69, 9.17) is 11.6 Å². The molecular formula is C12H16ClF. The monoisotopic (exact) mass is 214 g/mol. The lowest BCUT2D eigenvalue weighted by atomic mass is 9.92. The first-order valence-corrected chi connectivity index (χ1v) is 5.62. The predicted octanol–water partition coefficient (Wildman–Crippen LogP) is 4.34. The van der Waals surface area contributed by atoms with Crippen LogP contribution in [0.25, 0.3) is 0 Å². The van der Waals surface area contributed by atoms with Crippen LogP contribution in [0.4, 0.5) is 4.39 Å². The number of rotatable bonds is 5. The van der Waals surface area contributed by atoms with Gasteiger partial charge in [0, 0.05) is 5.88 Å². The third-order valence-electron chi connectivity index (χ3n) is 2.44. The quantitative estimate of drug-likeness (QED) is 0.640. The van der Waals surface area contributed by atoms with Gasteiger partial charge in [-0.25, -0.2) is 4.39 Å². The first kappa shape index (κ1) is 11.5. The topological polar surface area (TPSA) is 0 Å². The highest BCUT2D eigenvalue weighted by atomic mass is 35.5. The van der Waals surface area contributed by atoms with Gasteiger partial charge >= 0.3 is 0 Å². The molecule has 1 aromatic carbocycles. The molecule has 0 saturated carbocycles. The van der Waals surface area contributed by atoms with Crippen molar-refractivity contribution in [2.24, 2.45) is 0 Å². The van der Waals surface area contributed by atoms with E-state index in [1.54, 1.807) is 0 Å². The SMILES string of the molecule is CCCC(CCCl)c1ccc(F)cc1. The van der Waals surface area contributed by atoms with Crippen LogP contribution in [0.1, 0.15) is 37.7 Å². The Labute approximate surface area is 90.1 Å². The van der Waals surface area contributed by atoms with Crippen LogP contribution in [0.15, 0.2) is 24.3 Å². The third kappa shape index (κ3) is 3.30. The molecule has 0 aromatic heterocycles. The van der Waals surface area contributed by atoms with Crippen LogP contribution in [0.5, 0.6) is 0 Å². The summed E-state index contributed by atoms with van der Waals surface area (Å²) < 4.78 is 12.7. The standard InChI is InChI=1S/C12H16ClF/c1-2-3-10(8-9-13)11-4-6-12(14)7-5-11/h4-7,10H,2-3,8-9H2,1H3. The van der Waals surface area contributed by atoms with Crippen molar-refractivity contribution in [3.63, 3.8) is 0 Å². The summed E-state index contributed by atoms with van der Waals surface area (Å²) in [6.45, 7) is 2.16. The van der Waals surface area contributed by atoms with Crippen molar-refractivity contribution in [1.82, 2.24) is 0 Å². The van der Waals surface area contributed by atoms with Gasteiger partial charge in [-0.05, 0) is 36.5 Å². The number of alkyl halides is 1. The molecule has 14 heavy (non-hydrogen) atoms. The molecule has 1 atom stereocenters. The minimum absolute atomic E-state index is 0.171. The fourth-order valence-corrected chi connectivity index (χ4v) is 1.96. The molecular weight excluding hydrogens is 199 g/mol. The summed E-state index contributed by atoms with van der Waals surface area (Å²) in [5.41, 5.74) is 1.20. The molecule has 0 N–H and O–H groups in total. The Balaban J connectivity index is 2.71. The van der Waals surface area contributed by atoms with Crippen LogP contribution >= 0.6 is 11.6 Å². The van der Waals surface area contributed by atoms with Gasteiger partial charge < -0.3 is 0 Å². The molecule has 0 fully saturated rings. The minimum atomic E-state index is -0.171. The molecule has 1 aromatic rings. The van der Waals surface area contributed by atoms with Crippen molar-refractivity contribution >= 4 is 11.6 Å². The van der Waals surface area contributed by atoms with Crippen molar-refractivity contribution in [2.45, 2.75) is 32.1 Å². The van der Waals surface area contributed by atoms with Crippen molar-refractivity contribution in [2.75, 3.05) is 5.88 Å². The number of benzene rings is 1. The highest BCUT2D eigenvalue weighted by molar-refractivity contribution is 6.17. The van der Waals surface area contributed by atoms with E-state index < -0.39 is 0 Å². The second-order valence-corrected chi connectivity index (χ2v) is 3.89. The summed E-state index contributed by atoms with van der Waals surface area (Å²) >= 11 is 5.74. The molecule has 0 amide bonds. The van der Waals surface area contributed by atoms with Crippen LogP contribution < -0.4 is 0 Å². The molecule has 78 valence electrons. The molecule has 1 unspecified atom stereocenters. The van der Waals surface area contributed by atoms with Gasteiger partial charge in [-0.2, -0.15) is 0 Å². The van der Waals surface area contributed by atoms with Gasteiger partial charge in [0.25, 0.3) is 0 Å². The normalized spacial score (nSPS) is 12.8. The number of hydrogen-bond acceptors (Lipinski definition) is 0. The van der Waals surface area contributed by atoms with E-state index in [0.717, 1.165) is 19.3 Å². The Kier molecular flexibility index (Phi) is 4.95. The lowest BCUT2D eigenvalue weighted by Crippen LogP contribution is -1.99. The summed E-state index contributed by atoms with van der Waals surface area (Å²) in [5.74, 6) is 0.982. The van der Waals surface area contributed by atoms with E-state index in [1.807, 2.05) is 12.1 Å². The largest absolute Gasteiger partial charge is 0.207 e. The third-order valence-corrected chi connectivity index (χ3v) is 2.65. The second kappa shape index (κ2) is 6.02. The smallest absolute Gasteiger partial charge is 0.123 e. The van der Waals surface area contributed by atoms with Crippen molar-refractivity contribution < 1.29 is 4.39 Å². The molecule has 0 aliphatic rings. The highest BCUT2D eigenvalue weighted by Gasteiger charge is 2.09. The van der Waals surface area contributed by atoms with E-state index >= 15 is 0 Å². The fraction of sp³-hybridized carbons (Fsp3) is 0.500. The maximum absolute atomic E-state index is 12.7. The zero-order chi connectivity index (χ0) is 10.4. The highest BCUT2D eigenvalue weighted by Crippen LogP contribution is 2.25. The molecule has 0 saturated heterocycles. The van der Waals surface area contributed by atoms with Crippen LogP contribution in [-0.4, -0.2) is 5.88 Å². The molecule has 0 spiro atoms. The molecule has 0 aliphatic heterocycles. The molecule has 0 bridgehead atoms. The summed E-state index contributed by atoms with van der Waals surface area (Å²) in [6.07, 6.45) is 3.23. The summed E-state index contributed by atoms with van der Waals surface area (Å²) in [6, 6.07) is 6.77. The van der Waals surface area contributed by atoms with Gasteiger partial charge in [0.2, 0.25) is 0 Å². The van der Waals surface area contributed by atoms with Crippen molar-refractivity contribution in [1.29, 1.82) is 0 Å². The second-order valence-electron chi connectivity index (χ2n) is 3.51. The molecule has 2 heteroatoms. The molecule has 0 radical (unpaired) electrons. The lowest BCUT2D eigenvalue weighted by molar-refractivity contribution is 0.592. The van der Waals surface area contributed by atoms with E-state index in [1.165, 1.54) is 17.7 Å². The maximum Gasteiger partial charge on any atom is 0.123 e. The minimum Gasteiger partial charge on any atom is -0.207 e. The van der Waals surface area contributed by atoms with E-state index in [0.29, 0.717) is 11.8 Å². The molecule has 0 heterocycles. The first-order valence-electron chi connectivity index (χ1n) is 5.09. The van der Waals surface area contributed by atoms with Crippen LogP contribution in [0.3, 0.4) is 0 Å². The van der Waals surface area contributed by atoms with Crippen LogP contribution in [-0.2, 0) is 0 Å². The van der Waals surface area contributed by atoms with Crippen molar-refractivity contribution in [3.8, 4) is 0 Å². The molecule has 0 nitrogen and oxygen atoms in total. The Morgan fingerprint density at radius 3 is 2.36 bits per heavy atom. The van der Waals surface area contributed by atoms with E-state index in [9.17, 15) is 4.39 Å². The van der Waals surface area contributed by atoms with Gasteiger partial charge in [-0.1, -0.05) is 25.5 Å².